The van der Waals surface area contributed by atoms with Crippen LogP contribution < -0.4 is 16.2 Å². The molecule has 0 spiro atoms. The molecule has 1 aromatic carbocycles. The van der Waals surface area contributed by atoms with E-state index in [0.717, 1.165) is 16.8 Å². The number of aromatic nitrogens is 2. The van der Waals surface area contributed by atoms with Gasteiger partial charge in [-0.25, -0.2) is 4.98 Å². The first kappa shape index (κ1) is 19.5. The number of thiazole rings is 1. The summed E-state index contributed by atoms with van der Waals surface area (Å²) in [4.78, 5) is 42.8. The minimum absolute atomic E-state index is 0.0206. The number of hydrogen-bond donors (Lipinski definition) is 3. The molecule has 0 saturated carbocycles. The Labute approximate surface area is 165 Å². The number of pyridine rings is 1. The molecule has 0 fully saturated rings. The maximum atomic E-state index is 12.3. The highest BCUT2D eigenvalue weighted by atomic mass is 32.1. The number of carbonyl (C=O) groups excluding carboxylic acids is 2. The molecule has 28 heavy (non-hydrogen) atoms. The highest BCUT2D eigenvalue weighted by Gasteiger charge is 2.13. The monoisotopic (exact) mass is 396 g/mol. The molecule has 3 N–H and O–H groups in total. The normalized spacial score (nSPS) is 10.5. The molecule has 2 aromatic heterocycles. The second-order valence-corrected chi connectivity index (χ2v) is 7.18. The Hall–Kier alpha value is -3.26. The second-order valence-electron chi connectivity index (χ2n) is 6.33. The van der Waals surface area contributed by atoms with Crippen LogP contribution in [-0.4, -0.2) is 21.8 Å². The topological polar surface area (TPSA) is 104 Å². The molecule has 144 valence electrons. The van der Waals surface area contributed by atoms with Crippen molar-refractivity contribution in [2.75, 3.05) is 10.6 Å². The number of carbonyl (C=O) groups is 2. The zero-order valence-electron chi connectivity index (χ0n) is 15.5. The highest BCUT2D eigenvalue weighted by molar-refractivity contribution is 7.14. The van der Waals surface area contributed by atoms with E-state index in [1.807, 2.05) is 32.0 Å². The van der Waals surface area contributed by atoms with Crippen molar-refractivity contribution in [3.05, 3.63) is 74.6 Å². The molecule has 0 radical (unpaired) electrons. The summed E-state index contributed by atoms with van der Waals surface area (Å²) in [5.74, 6) is -0.609. The van der Waals surface area contributed by atoms with Gasteiger partial charge in [0.15, 0.2) is 5.13 Å². The lowest BCUT2D eigenvalue weighted by atomic mass is 10.1. The van der Waals surface area contributed by atoms with Crippen molar-refractivity contribution in [2.45, 2.75) is 26.7 Å². The van der Waals surface area contributed by atoms with E-state index in [-0.39, 0.29) is 17.9 Å². The van der Waals surface area contributed by atoms with Crippen LogP contribution in [-0.2, 0) is 11.2 Å². The first-order chi connectivity index (χ1) is 13.4. The number of nitrogens with zero attached hydrogens (tertiary/aromatic N) is 1. The number of nitrogens with one attached hydrogen (secondary N) is 3. The van der Waals surface area contributed by atoms with E-state index < -0.39 is 11.5 Å². The van der Waals surface area contributed by atoms with Crippen molar-refractivity contribution in [1.29, 1.82) is 0 Å². The number of amides is 2. The standard InChI is InChI=1S/C20H20N4O3S/c1-12-5-3-6-13(2)17(12)23-16(25)9-8-14-11-28-20(22-14)24-19(27)15-7-4-10-21-18(15)26/h3-7,10-11H,8-9H2,1-2H3,(H,21,26)(H,23,25)(H,22,24,27). The summed E-state index contributed by atoms with van der Waals surface area (Å²) >= 11 is 1.25. The van der Waals surface area contributed by atoms with Gasteiger partial charge in [-0.2, -0.15) is 0 Å². The van der Waals surface area contributed by atoms with E-state index in [9.17, 15) is 14.4 Å². The Bertz CT molecular complexity index is 1050. The van der Waals surface area contributed by atoms with Crippen molar-refractivity contribution in [1.82, 2.24) is 9.97 Å². The molecule has 7 nitrogen and oxygen atoms in total. The van der Waals surface area contributed by atoms with Crippen molar-refractivity contribution >= 4 is 34.0 Å². The van der Waals surface area contributed by atoms with Gasteiger partial charge in [0, 0.05) is 23.7 Å². The fourth-order valence-electron chi connectivity index (χ4n) is 2.70. The third kappa shape index (κ3) is 4.72. The maximum Gasteiger partial charge on any atom is 0.263 e. The molecule has 0 atom stereocenters. The second kappa shape index (κ2) is 8.62. The van der Waals surface area contributed by atoms with Gasteiger partial charge >= 0.3 is 0 Å². The summed E-state index contributed by atoms with van der Waals surface area (Å²) in [5, 5.41) is 7.73. The molecule has 8 heteroatoms. The van der Waals surface area contributed by atoms with Crippen LogP contribution >= 0.6 is 11.3 Å². The van der Waals surface area contributed by atoms with Gasteiger partial charge in [-0.05, 0) is 43.5 Å². The van der Waals surface area contributed by atoms with Crippen LogP contribution in [0.15, 0.2) is 46.7 Å². The van der Waals surface area contributed by atoms with Crippen molar-refractivity contribution in [3.8, 4) is 0 Å². The van der Waals surface area contributed by atoms with Gasteiger partial charge in [-0.3, -0.25) is 19.7 Å². The van der Waals surface area contributed by atoms with E-state index >= 15 is 0 Å². The van der Waals surface area contributed by atoms with Crippen LogP contribution in [0.1, 0.15) is 33.6 Å². The Morgan fingerprint density at radius 3 is 2.57 bits per heavy atom. The summed E-state index contributed by atoms with van der Waals surface area (Å²) < 4.78 is 0. The van der Waals surface area contributed by atoms with Gasteiger partial charge in [0.1, 0.15) is 5.56 Å². The molecule has 0 aliphatic carbocycles. The predicted octanol–water partition coefficient (Wildman–Crippen LogP) is 3.27. The molecule has 2 heterocycles. The Morgan fingerprint density at radius 1 is 1.11 bits per heavy atom. The van der Waals surface area contributed by atoms with Gasteiger partial charge in [0.05, 0.1) is 5.69 Å². The highest BCUT2D eigenvalue weighted by Crippen LogP contribution is 2.20. The molecule has 0 saturated heterocycles. The molecule has 0 aliphatic heterocycles. The number of aryl methyl sites for hydroxylation is 3. The molecule has 0 aliphatic rings. The van der Waals surface area contributed by atoms with E-state index in [0.29, 0.717) is 17.2 Å². The van der Waals surface area contributed by atoms with Crippen LogP contribution in [0, 0.1) is 13.8 Å². The number of H-pyrrole nitrogens is 1. The molecule has 3 aromatic rings. The molecule has 0 unspecified atom stereocenters. The largest absolute Gasteiger partial charge is 0.328 e. The Morgan fingerprint density at radius 2 is 1.86 bits per heavy atom. The van der Waals surface area contributed by atoms with Gasteiger partial charge in [0.2, 0.25) is 5.91 Å². The van der Waals surface area contributed by atoms with Crippen molar-refractivity contribution in [2.24, 2.45) is 0 Å². The van der Waals surface area contributed by atoms with Crippen molar-refractivity contribution < 1.29 is 9.59 Å². The quantitative estimate of drug-likeness (QED) is 0.595. The van der Waals surface area contributed by atoms with Crippen molar-refractivity contribution in [3.63, 3.8) is 0 Å². The first-order valence-corrected chi connectivity index (χ1v) is 9.61. The third-order valence-electron chi connectivity index (χ3n) is 4.19. The predicted molar refractivity (Wildman–Crippen MR) is 110 cm³/mol. The summed E-state index contributed by atoms with van der Waals surface area (Å²) in [6.07, 6.45) is 2.20. The van der Waals surface area contributed by atoms with Gasteiger partial charge in [0.25, 0.3) is 11.5 Å². The fourth-order valence-corrected chi connectivity index (χ4v) is 3.44. The van der Waals surface area contributed by atoms with Crippen LogP contribution in [0.3, 0.4) is 0 Å². The Kier molecular flexibility index (Phi) is 6.00. The lowest BCUT2D eigenvalue weighted by molar-refractivity contribution is -0.116. The summed E-state index contributed by atoms with van der Waals surface area (Å²) in [6, 6.07) is 8.89. The van der Waals surface area contributed by atoms with E-state index in [1.165, 1.54) is 23.6 Å². The van der Waals surface area contributed by atoms with Crippen LogP contribution in [0.2, 0.25) is 0 Å². The zero-order valence-corrected chi connectivity index (χ0v) is 16.4. The minimum atomic E-state index is -0.518. The van der Waals surface area contributed by atoms with Crippen LogP contribution in [0.4, 0.5) is 10.8 Å². The maximum absolute atomic E-state index is 12.3. The fraction of sp³-hybridized carbons (Fsp3) is 0.200. The van der Waals surface area contributed by atoms with E-state index in [4.69, 9.17) is 0 Å². The SMILES string of the molecule is Cc1cccc(C)c1NC(=O)CCc1csc(NC(=O)c2ccc[nH]c2=O)n1. The lowest BCUT2D eigenvalue weighted by Gasteiger charge is -2.11. The van der Waals surface area contributed by atoms with Gasteiger partial charge < -0.3 is 10.3 Å². The average molecular weight is 396 g/mol. The third-order valence-corrected chi connectivity index (χ3v) is 5.00. The number of benzene rings is 1. The molecule has 3 rings (SSSR count). The van der Waals surface area contributed by atoms with Crippen LogP contribution in [0.5, 0.6) is 0 Å². The summed E-state index contributed by atoms with van der Waals surface area (Å²) in [5.41, 5.74) is 3.14. The minimum Gasteiger partial charge on any atom is -0.328 e. The zero-order chi connectivity index (χ0) is 20.1. The molecular formula is C20H20N4O3S. The number of anilines is 2. The van der Waals surface area contributed by atoms with Gasteiger partial charge in [-0.15, -0.1) is 11.3 Å². The van der Waals surface area contributed by atoms with Crippen LogP contribution in [0.25, 0.3) is 0 Å². The number of aromatic amines is 1. The van der Waals surface area contributed by atoms with E-state index in [1.54, 1.807) is 11.4 Å². The average Bonchev–Trinajstić information content (AvgIpc) is 3.11. The van der Waals surface area contributed by atoms with E-state index in [2.05, 4.69) is 20.6 Å². The number of hydrogen-bond acceptors (Lipinski definition) is 5. The molecule has 0 bridgehead atoms. The molecule has 2 amide bonds. The number of rotatable bonds is 6. The summed E-state index contributed by atoms with van der Waals surface area (Å²) in [7, 11) is 0. The Balaban J connectivity index is 1.56. The molecular weight excluding hydrogens is 376 g/mol. The lowest BCUT2D eigenvalue weighted by Crippen LogP contribution is -2.22. The number of para-hydroxylation sites is 1. The smallest absolute Gasteiger partial charge is 0.263 e. The first-order valence-electron chi connectivity index (χ1n) is 8.73. The van der Waals surface area contributed by atoms with Gasteiger partial charge in [-0.1, -0.05) is 18.2 Å². The summed E-state index contributed by atoms with van der Waals surface area (Å²) in [6.45, 7) is 3.91.